The van der Waals surface area contributed by atoms with E-state index in [1.165, 1.54) is 7.11 Å². The van der Waals surface area contributed by atoms with Gasteiger partial charge in [-0.3, -0.25) is 9.59 Å². The van der Waals surface area contributed by atoms with E-state index in [1.54, 1.807) is 0 Å². The van der Waals surface area contributed by atoms with Crippen LogP contribution in [0.15, 0.2) is 115 Å². The highest BCUT2D eigenvalue weighted by Gasteiger charge is 2.56. The van der Waals surface area contributed by atoms with E-state index in [2.05, 4.69) is 36.4 Å². The number of rotatable bonds is 8. The molecular formula is C30H28BrO3P. The van der Waals surface area contributed by atoms with Crippen LogP contribution in [0.25, 0.3) is 0 Å². The summed E-state index contributed by atoms with van der Waals surface area (Å²) in [4.78, 5) is 27.1. The molecule has 4 aromatic carbocycles. The Hall–Kier alpha value is -3.07. The molecular weight excluding hydrogens is 519 g/mol. The summed E-state index contributed by atoms with van der Waals surface area (Å²) >= 11 is 0. The van der Waals surface area contributed by atoms with E-state index in [1.807, 2.05) is 85.8 Å². The summed E-state index contributed by atoms with van der Waals surface area (Å²) in [7, 11) is -1.24. The number of esters is 1. The highest BCUT2D eigenvalue weighted by atomic mass is 79.9. The van der Waals surface area contributed by atoms with Crippen LogP contribution in [0.4, 0.5) is 0 Å². The molecule has 0 aliphatic heterocycles. The van der Waals surface area contributed by atoms with Gasteiger partial charge in [-0.25, -0.2) is 0 Å². The standard InChI is InChI=1S/C30H28O3P.BrH/c1-23-18-20-24(21-19-23)30(32)28(22-29(31)33-2)34(25-12-6-3-7-13-25,26-14-8-4-9-15-26)27-16-10-5-11-17-27;/h3-21,28H,22H2,1-2H3;1H/q+1;/p-1. The van der Waals surface area contributed by atoms with Crippen LogP contribution in [0, 0.1) is 6.92 Å². The maximum Gasteiger partial charge on any atom is 0.310 e. The van der Waals surface area contributed by atoms with Gasteiger partial charge in [0.25, 0.3) is 0 Å². The number of carbonyl (C=O) groups is 2. The van der Waals surface area contributed by atoms with Crippen molar-refractivity contribution >= 4 is 34.9 Å². The largest absolute Gasteiger partial charge is 1.00 e. The molecule has 0 aliphatic rings. The lowest BCUT2D eigenvalue weighted by atomic mass is 10.0. The number of hydrogen-bond donors (Lipinski definition) is 0. The van der Waals surface area contributed by atoms with Crippen LogP contribution in [0.5, 0.6) is 0 Å². The fourth-order valence-electron chi connectivity index (χ4n) is 4.53. The number of ketones is 1. The Balaban J connectivity index is 0.00000342. The van der Waals surface area contributed by atoms with Gasteiger partial charge in [0.05, 0.1) is 13.5 Å². The third-order valence-corrected chi connectivity index (χ3v) is 10.9. The predicted octanol–water partition coefficient (Wildman–Crippen LogP) is 2.11. The minimum absolute atomic E-state index is 0. The highest BCUT2D eigenvalue weighted by molar-refractivity contribution is 7.97. The van der Waals surface area contributed by atoms with E-state index in [-0.39, 0.29) is 29.2 Å². The fraction of sp³-hybridized carbons (Fsp3) is 0.133. The normalized spacial score (nSPS) is 11.7. The summed E-state index contributed by atoms with van der Waals surface area (Å²) in [5.41, 5.74) is 1.07. The van der Waals surface area contributed by atoms with Crippen molar-refractivity contribution in [1.82, 2.24) is 0 Å². The number of halogens is 1. The van der Waals surface area contributed by atoms with Crippen molar-refractivity contribution in [2.45, 2.75) is 19.0 Å². The number of aryl methyl sites for hydroxylation is 1. The number of ether oxygens (including phenoxy) is 1. The zero-order valence-electron chi connectivity index (χ0n) is 19.8. The van der Waals surface area contributed by atoms with Gasteiger partial charge in [0, 0.05) is 5.56 Å². The number of hydrogen-bond acceptors (Lipinski definition) is 3. The molecule has 5 heteroatoms. The van der Waals surface area contributed by atoms with E-state index in [9.17, 15) is 9.59 Å². The molecule has 0 amide bonds. The van der Waals surface area contributed by atoms with Gasteiger partial charge in [-0.1, -0.05) is 84.4 Å². The summed E-state index contributed by atoms with van der Waals surface area (Å²) in [6.45, 7) is 2.00. The molecule has 4 aromatic rings. The average Bonchev–Trinajstić information content (AvgIpc) is 2.90. The zero-order valence-corrected chi connectivity index (χ0v) is 22.3. The van der Waals surface area contributed by atoms with Gasteiger partial charge in [0.15, 0.2) is 5.66 Å². The van der Waals surface area contributed by atoms with Crippen molar-refractivity contribution in [2.75, 3.05) is 7.11 Å². The first kappa shape index (κ1) is 26.5. The Morgan fingerprint density at radius 3 is 1.46 bits per heavy atom. The summed E-state index contributed by atoms with van der Waals surface area (Å²) in [5.74, 6) is -0.437. The fourth-order valence-corrected chi connectivity index (χ4v) is 9.36. The molecule has 178 valence electrons. The van der Waals surface area contributed by atoms with E-state index in [4.69, 9.17) is 4.74 Å². The molecule has 0 aliphatic carbocycles. The van der Waals surface area contributed by atoms with Crippen molar-refractivity contribution in [3.63, 3.8) is 0 Å². The van der Waals surface area contributed by atoms with Crippen LogP contribution in [0.3, 0.4) is 0 Å². The van der Waals surface area contributed by atoms with Gasteiger partial charge in [-0.05, 0) is 43.3 Å². The maximum absolute atomic E-state index is 14.3. The quantitative estimate of drug-likeness (QED) is 0.193. The van der Waals surface area contributed by atoms with Crippen molar-refractivity contribution in [3.05, 3.63) is 126 Å². The van der Waals surface area contributed by atoms with Gasteiger partial charge in [0.2, 0.25) is 5.78 Å². The molecule has 1 unspecified atom stereocenters. The lowest BCUT2D eigenvalue weighted by Crippen LogP contribution is -3.00. The molecule has 0 bridgehead atoms. The number of methoxy groups -OCH3 is 1. The van der Waals surface area contributed by atoms with E-state index >= 15 is 0 Å². The van der Waals surface area contributed by atoms with Crippen molar-refractivity contribution < 1.29 is 31.3 Å². The smallest absolute Gasteiger partial charge is 0.310 e. The van der Waals surface area contributed by atoms with Crippen LogP contribution >= 0.6 is 7.26 Å². The maximum atomic E-state index is 14.3. The van der Waals surface area contributed by atoms with Crippen LogP contribution < -0.4 is 32.9 Å². The molecule has 0 radical (unpaired) electrons. The first-order valence-electron chi connectivity index (χ1n) is 11.3. The van der Waals surface area contributed by atoms with Gasteiger partial charge in [-0.2, -0.15) is 0 Å². The molecule has 0 N–H and O–H groups in total. The Morgan fingerprint density at radius 2 is 1.09 bits per heavy atom. The minimum Gasteiger partial charge on any atom is -1.00 e. The Bertz CT molecular complexity index is 1150. The van der Waals surface area contributed by atoms with Gasteiger partial charge >= 0.3 is 5.97 Å². The summed E-state index contributed by atoms with van der Waals surface area (Å²) < 4.78 is 5.12. The van der Waals surface area contributed by atoms with Crippen LogP contribution in [-0.4, -0.2) is 24.5 Å². The number of benzene rings is 4. The van der Waals surface area contributed by atoms with Crippen LogP contribution in [0.2, 0.25) is 0 Å². The lowest BCUT2D eigenvalue weighted by molar-refractivity contribution is -0.140. The van der Waals surface area contributed by atoms with E-state index < -0.39 is 18.9 Å². The van der Waals surface area contributed by atoms with Crippen molar-refractivity contribution in [2.24, 2.45) is 0 Å². The zero-order chi connectivity index (χ0) is 24.0. The molecule has 0 aromatic heterocycles. The SMILES string of the molecule is COC(=O)CC(C(=O)c1ccc(C)cc1)[P+](c1ccccc1)(c1ccccc1)c1ccccc1.[Br-]. The molecule has 1 atom stereocenters. The Kier molecular flexibility index (Phi) is 9.14. The summed E-state index contributed by atoms with van der Waals surface area (Å²) in [6.07, 6.45) is -0.00430. The molecule has 0 heterocycles. The molecule has 0 spiro atoms. The second-order valence-corrected chi connectivity index (χ2v) is 11.9. The molecule has 35 heavy (non-hydrogen) atoms. The third kappa shape index (κ3) is 5.45. The molecule has 3 nitrogen and oxygen atoms in total. The van der Waals surface area contributed by atoms with E-state index in [0.29, 0.717) is 5.56 Å². The molecule has 4 rings (SSSR count). The first-order valence-corrected chi connectivity index (χ1v) is 13.2. The highest BCUT2D eigenvalue weighted by Crippen LogP contribution is 2.61. The van der Waals surface area contributed by atoms with Crippen molar-refractivity contribution in [3.8, 4) is 0 Å². The van der Waals surface area contributed by atoms with Gasteiger partial charge in [-0.15, -0.1) is 0 Å². The Labute approximate surface area is 218 Å². The second kappa shape index (κ2) is 12.1. The minimum atomic E-state index is -2.61. The topological polar surface area (TPSA) is 43.4 Å². The summed E-state index contributed by atoms with van der Waals surface area (Å²) in [6, 6.07) is 38.0. The van der Waals surface area contributed by atoms with Gasteiger partial charge in [0.1, 0.15) is 23.2 Å². The molecule has 0 saturated carbocycles. The number of carbonyl (C=O) groups excluding carboxylic acids is 2. The average molecular weight is 547 g/mol. The third-order valence-electron chi connectivity index (χ3n) is 6.18. The van der Waals surface area contributed by atoms with Gasteiger partial charge < -0.3 is 21.7 Å². The van der Waals surface area contributed by atoms with Crippen molar-refractivity contribution in [1.29, 1.82) is 0 Å². The summed E-state index contributed by atoms with van der Waals surface area (Å²) in [5, 5.41) is 3.17. The lowest BCUT2D eigenvalue weighted by Gasteiger charge is -2.33. The monoisotopic (exact) mass is 546 g/mol. The Morgan fingerprint density at radius 1 is 0.686 bits per heavy atom. The van der Waals surface area contributed by atoms with Crippen LogP contribution in [0.1, 0.15) is 22.3 Å². The second-order valence-electron chi connectivity index (χ2n) is 8.26. The molecule has 0 fully saturated rings. The van der Waals surface area contributed by atoms with Crippen LogP contribution in [-0.2, 0) is 9.53 Å². The first-order chi connectivity index (χ1) is 16.6. The predicted molar refractivity (Wildman–Crippen MR) is 141 cm³/mol. The van der Waals surface area contributed by atoms with E-state index in [0.717, 1.165) is 21.5 Å². The number of Topliss-reactive ketones (excluding diaryl/α,β-unsaturated/α-hetero) is 1. The molecule has 0 saturated heterocycles.